The number of hydrogen-bond donors (Lipinski definition) is 1. The fraction of sp³-hybridized carbons (Fsp3) is 0.455. The molecule has 2 aliphatic heterocycles. The van der Waals surface area contributed by atoms with Crippen LogP contribution in [-0.2, 0) is 20.7 Å². The van der Waals surface area contributed by atoms with Crippen LogP contribution in [0.1, 0.15) is 36.6 Å². The monoisotopic (exact) mass is 458 g/mol. The number of morpholine rings is 1. The van der Waals surface area contributed by atoms with E-state index in [1.54, 1.807) is 13.0 Å². The van der Waals surface area contributed by atoms with Gasteiger partial charge in [-0.25, -0.2) is 4.79 Å². The van der Waals surface area contributed by atoms with Gasteiger partial charge in [-0.2, -0.15) is 4.37 Å². The molecule has 1 N–H and O–H groups in total. The summed E-state index contributed by atoms with van der Waals surface area (Å²) < 4.78 is 15.5. The SMILES string of the molecule is CCOC(=O)C1=C(C)Nc2snc(CCN3CCOCC3)c2C1c1cccc([N+](=O)[O-])c1. The summed E-state index contributed by atoms with van der Waals surface area (Å²) in [6, 6.07) is 6.47. The topological polar surface area (TPSA) is 107 Å². The number of rotatable bonds is 7. The minimum atomic E-state index is -0.483. The molecule has 1 saturated heterocycles. The van der Waals surface area contributed by atoms with E-state index in [9.17, 15) is 14.9 Å². The number of hydrogen-bond acceptors (Lipinski definition) is 9. The summed E-state index contributed by atoms with van der Waals surface area (Å²) in [6.45, 7) is 7.88. The summed E-state index contributed by atoms with van der Waals surface area (Å²) in [5, 5.41) is 15.6. The first-order valence-corrected chi connectivity index (χ1v) is 11.4. The van der Waals surface area contributed by atoms with E-state index in [1.807, 2.05) is 13.0 Å². The number of nitrogens with one attached hydrogen (secondary N) is 1. The van der Waals surface area contributed by atoms with Gasteiger partial charge in [0.05, 0.1) is 36.0 Å². The number of aromatic nitrogens is 1. The number of benzene rings is 1. The molecular formula is C22H26N4O5S. The molecule has 2 aromatic rings. The molecule has 0 radical (unpaired) electrons. The maximum Gasteiger partial charge on any atom is 0.336 e. The number of esters is 1. The molecule has 0 aliphatic carbocycles. The van der Waals surface area contributed by atoms with Crippen molar-refractivity contribution in [3.63, 3.8) is 0 Å². The highest BCUT2D eigenvalue weighted by atomic mass is 32.1. The molecule has 32 heavy (non-hydrogen) atoms. The molecule has 1 fully saturated rings. The Morgan fingerprint density at radius 2 is 2.19 bits per heavy atom. The number of allylic oxidation sites excluding steroid dienone is 1. The van der Waals surface area contributed by atoms with Crippen molar-refractivity contribution >= 4 is 28.2 Å². The Kier molecular flexibility index (Phi) is 6.83. The number of carbonyl (C=O) groups excluding carboxylic acids is 1. The molecule has 1 unspecified atom stereocenters. The van der Waals surface area contributed by atoms with Crippen LogP contribution in [0.15, 0.2) is 35.5 Å². The van der Waals surface area contributed by atoms with Crippen LogP contribution in [0.4, 0.5) is 10.7 Å². The second-order valence-electron chi connectivity index (χ2n) is 7.75. The Balaban J connectivity index is 1.75. The van der Waals surface area contributed by atoms with Gasteiger partial charge in [-0.1, -0.05) is 12.1 Å². The van der Waals surface area contributed by atoms with Crippen LogP contribution >= 0.6 is 11.5 Å². The molecule has 0 spiro atoms. The first-order chi connectivity index (χ1) is 15.5. The summed E-state index contributed by atoms with van der Waals surface area (Å²) in [7, 11) is 0. The lowest BCUT2D eigenvalue weighted by Gasteiger charge is -2.29. The van der Waals surface area contributed by atoms with Crippen LogP contribution in [0.2, 0.25) is 0 Å². The summed E-state index contributed by atoms with van der Waals surface area (Å²) in [4.78, 5) is 26.3. The number of nitro groups is 1. The fourth-order valence-electron chi connectivity index (χ4n) is 4.22. The zero-order chi connectivity index (χ0) is 22.7. The van der Waals surface area contributed by atoms with E-state index in [2.05, 4.69) is 10.2 Å². The highest BCUT2D eigenvalue weighted by Gasteiger charge is 2.37. The number of fused-ring (bicyclic) bond motifs is 1. The third-order valence-corrected chi connectivity index (χ3v) is 6.58. The Morgan fingerprint density at radius 1 is 1.41 bits per heavy atom. The van der Waals surface area contributed by atoms with Gasteiger partial charge in [0.1, 0.15) is 5.00 Å². The van der Waals surface area contributed by atoms with Crippen LogP contribution in [0.3, 0.4) is 0 Å². The number of non-ortho nitro benzene ring substituents is 1. The molecular weight excluding hydrogens is 432 g/mol. The predicted molar refractivity (Wildman–Crippen MR) is 121 cm³/mol. The van der Waals surface area contributed by atoms with E-state index < -0.39 is 16.8 Å². The van der Waals surface area contributed by atoms with Crippen molar-refractivity contribution in [3.8, 4) is 0 Å². The minimum absolute atomic E-state index is 0.0125. The average Bonchev–Trinajstić information content (AvgIpc) is 3.20. The van der Waals surface area contributed by atoms with E-state index in [4.69, 9.17) is 13.8 Å². The second kappa shape index (κ2) is 9.76. The van der Waals surface area contributed by atoms with Crippen LogP contribution in [0, 0.1) is 10.1 Å². The quantitative estimate of drug-likeness (QED) is 0.383. The van der Waals surface area contributed by atoms with E-state index in [0.717, 1.165) is 49.1 Å². The van der Waals surface area contributed by atoms with E-state index in [0.29, 0.717) is 23.3 Å². The molecule has 0 bridgehead atoms. The molecule has 0 saturated carbocycles. The van der Waals surface area contributed by atoms with Crippen molar-refractivity contribution in [1.29, 1.82) is 0 Å². The van der Waals surface area contributed by atoms with Gasteiger partial charge in [0.25, 0.3) is 5.69 Å². The Bertz CT molecular complexity index is 1040. The number of carbonyl (C=O) groups is 1. The minimum Gasteiger partial charge on any atom is -0.463 e. The van der Waals surface area contributed by atoms with Crippen molar-refractivity contribution in [2.24, 2.45) is 0 Å². The highest BCUT2D eigenvalue weighted by Crippen LogP contribution is 2.46. The average molecular weight is 459 g/mol. The van der Waals surface area contributed by atoms with E-state index in [-0.39, 0.29) is 12.3 Å². The third kappa shape index (κ3) is 4.52. The summed E-state index contributed by atoms with van der Waals surface area (Å²) >= 11 is 1.35. The molecule has 10 heteroatoms. The molecule has 0 amide bonds. The Hall–Kier alpha value is -2.82. The molecule has 3 heterocycles. The van der Waals surface area contributed by atoms with Gasteiger partial charge >= 0.3 is 5.97 Å². The smallest absolute Gasteiger partial charge is 0.336 e. The summed E-state index contributed by atoms with van der Waals surface area (Å²) in [6.07, 6.45) is 0.716. The molecule has 1 aromatic heterocycles. The molecule has 1 aromatic carbocycles. The van der Waals surface area contributed by atoms with E-state index >= 15 is 0 Å². The zero-order valence-corrected chi connectivity index (χ0v) is 18.9. The Morgan fingerprint density at radius 3 is 2.91 bits per heavy atom. The first kappa shape index (κ1) is 22.4. The standard InChI is InChI=1S/C22H26N4O5S/c1-3-31-22(27)18-14(2)23-21-20(19(18)15-5-4-6-16(13-15)26(28)29)17(24-32-21)7-8-25-9-11-30-12-10-25/h4-6,13,19,23H,3,7-12H2,1-2H3. The van der Waals surface area contributed by atoms with Crippen molar-refractivity contribution in [3.05, 3.63) is 62.5 Å². The zero-order valence-electron chi connectivity index (χ0n) is 18.1. The lowest BCUT2D eigenvalue weighted by atomic mass is 9.81. The van der Waals surface area contributed by atoms with Crippen LogP contribution < -0.4 is 5.32 Å². The molecule has 170 valence electrons. The van der Waals surface area contributed by atoms with Crippen LogP contribution in [0.25, 0.3) is 0 Å². The molecule has 1 atom stereocenters. The van der Waals surface area contributed by atoms with Gasteiger partial charge in [0.2, 0.25) is 0 Å². The Labute approximate surface area is 190 Å². The number of nitro benzene ring substituents is 1. The second-order valence-corrected chi connectivity index (χ2v) is 8.52. The van der Waals surface area contributed by atoms with Crippen molar-refractivity contribution in [2.75, 3.05) is 44.8 Å². The fourth-order valence-corrected chi connectivity index (χ4v) is 5.14. The van der Waals surface area contributed by atoms with Gasteiger partial charge in [0, 0.05) is 55.4 Å². The third-order valence-electron chi connectivity index (χ3n) is 5.76. The summed E-state index contributed by atoms with van der Waals surface area (Å²) in [5.41, 5.74) is 3.61. The molecule has 4 rings (SSSR count). The molecule has 2 aliphatic rings. The van der Waals surface area contributed by atoms with Crippen molar-refractivity contribution in [2.45, 2.75) is 26.2 Å². The number of ether oxygens (including phenoxy) is 2. The van der Waals surface area contributed by atoms with Gasteiger partial charge in [0.15, 0.2) is 0 Å². The van der Waals surface area contributed by atoms with Gasteiger partial charge < -0.3 is 14.8 Å². The van der Waals surface area contributed by atoms with Crippen LogP contribution in [-0.4, -0.2) is 59.6 Å². The number of anilines is 1. The summed E-state index contributed by atoms with van der Waals surface area (Å²) in [5.74, 6) is -0.909. The van der Waals surface area contributed by atoms with Gasteiger partial charge in [-0.3, -0.25) is 15.0 Å². The lowest BCUT2D eigenvalue weighted by molar-refractivity contribution is -0.384. The maximum absolute atomic E-state index is 13.0. The van der Waals surface area contributed by atoms with Crippen LogP contribution in [0.5, 0.6) is 0 Å². The van der Waals surface area contributed by atoms with Crippen molar-refractivity contribution in [1.82, 2.24) is 9.27 Å². The van der Waals surface area contributed by atoms with Gasteiger partial charge in [-0.15, -0.1) is 0 Å². The van der Waals surface area contributed by atoms with Crippen molar-refractivity contribution < 1.29 is 19.2 Å². The van der Waals surface area contributed by atoms with E-state index in [1.165, 1.54) is 23.7 Å². The molecule has 9 nitrogen and oxygen atoms in total. The highest BCUT2D eigenvalue weighted by molar-refractivity contribution is 7.10. The first-order valence-electron chi connectivity index (χ1n) is 10.7. The largest absolute Gasteiger partial charge is 0.463 e. The maximum atomic E-state index is 13.0. The predicted octanol–water partition coefficient (Wildman–Crippen LogP) is 3.32. The lowest BCUT2D eigenvalue weighted by Crippen LogP contribution is -2.37. The normalized spacial score (nSPS) is 18.8. The van der Waals surface area contributed by atoms with Gasteiger partial charge in [-0.05, 0) is 30.9 Å². The number of nitrogens with zero attached hydrogens (tertiary/aromatic N) is 3.